The summed E-state index contributed by atoms with van der Waals surface area (Å²) < 4.78 is 0. The molecule has 0 unspecified atom stereocenters. The molecular weight excluding hydrogens is 383 g/mol. The zero-order valence-electron chi connectivity index (χ0n) is 14.4. The highest BCUT2D eigenvalue weighted by Crippen LogP contribution is 2.48. The average Bonchev–Trinajstić information content (AvgIpc) is 3.27. The normalized spacial score (nSPS) is 25.4. The standard InChI is InChI=1S/C21H18Cl2N2O2/c22-14-3-7-16(8-4-14)24-20(26)18-12-1-2-13(11-12)19(18)21(27)25-17-9-5-15(23)6-10-17/h1-10,12-13,18-19H,11H2,(H,24,26)(H,25,27)/t12-,13-,18+,19+/m0/s1. The molecule has 2 aromatic carbocycles. The molecule has 0 saturated heterocycles. The van der Waals surface area contributed by atoms with Gasteiger partial charge in [0.05, 0.1) is 11.8 Å². The fourth-order valence-electron chi connectivity index (χ4n) is 4.05. The van der Waals surface area contributed by atoms with E-state index in [-0.39, 0.29) is 35.5 Å². The fraction of sp³-hybridized carbons (Fsp3) is 0.238. The summed E-state index contributed by atoms with van der Waals surface area (Å²) in [5, 5.41) is 7.06. The average molecular weight is 401 g/mol. The molecule has 6 heteroatoms. The van der Waals surface area contributed by atoms with Gasteiger partial charge in [0.1, 0.15) is 0 Å². The minimum Gasteiger partial charge on any atom is -0.326 e. The summed E-state index contributed by atoms with van der Waals surface area (Å²) in [4.78, 5) is 25.9. The SMILES string of the molecule is O=C(Nc1ccc(Cl)cc1)[C@H]1[C@H](C(=O)Nc2ccc(Cl)cc2)[C@H]2C=C[C@H]1C2. The highest BCUT2D eigenvalue weighted by molar-refractivity contribution is 6.31. The molecule has 0 aliphatic heterocycles. The van der Waals surface area contributed by atoms with Crippen LogP contribution in [0.3, 0.4) is 0 Å². The second kappa shape index (κ2) is 7.37. The van der Waals surface area contributed by atoms with E-state index in [9.17, 15) is 9.59 Å². The van der Waals surface area contributed by atoms with Gasteiger partial charge in [-0.1, -0.05) is 35.4 Å². The number of allylic oxidation sites excluding steroid dienone is 2. The lowest BCUT2D eigenvalue weighted by Crippen LogP contribution is -2.39. The first-order chi connectivity index (χ1) is 13.0. The molecule has 0 spiro atoms. The highest BCUT2D eigenvalue weighted by atomic mass is 35.5. The topological polar surface area (TPSA) is 58.2 Å². The Morgan fingerprint density at radius 1 is 0.704 bits per heavy atom. The summed E-state index contributed by atoms with van der Waals surface area (Å²) in [6, 6.07) is 13.9. The molecule has 0 radical (unpaired) electrons. The Morgan fingerprint density at radius 3 is 1.44 bits per heavy atom. The predicted molar refractivity (Wildman–Crippen MR) is 108 cm³/mol. The van der Waals surface area contributed by atoms with Crippen molar-refractivity contribution in [2.24, 2.45) is 23.7 Å². The van der Waals surface area contributed by atoms with Gasteiger partial charge in [0.2, 0.25) is 11.8 Å². The monoisotopic (exact) mass is 400 g/mol. The van der Waals surface area contributed by atoms with Crippen molar-refractivity contribution in [3.05, 3.63) is 70.7 Å². The van der Waals surface area contributed by atoms with Crippen molar-refractivity contribution in [3.8, 4) is 0 Å². The predicted octanol–water partition coefficient (Wildman–Crippen LogP) is 5.01. The molecule has 4 nitrogen and oxygen atoms in total. The van der Waals surface area contributed by atoms with Gasteiger partial charge in [0, 0.05) is 21.4 Å². The summed E-state index contributed by atoms with van der Waals surface area (Å²) >= 11 is 11.8. The molecule has 2 amide bonds. The van der Waals surface area contributed by atoms with E-state index in [0.29, 0.717) is 21.4 Å². The minimum atomic E-state index is -0.386. The van der Waals surface area contributed by atoms with E-state index in [1.165, 1.54) is 0 Å². The van der Waals surface area contributed by atoms with Crippen LogP contribution in [0.15, 0.2) is 60.7 Å². The Bertz CT molecular complexity index is 820. The Balaban J connectivity index is 1.51. The number of halogens is 2. The number of anilines is 2. The van der Waals surface area contributed by atoms with Gasteiger partial charge in [0.25, 0.3) is 0 Å². The molecule has 27 heavy (non-hydrogen) atoms. The van der Waals surface area contributed by atoms with E-state index in [0.717, 1.165) is 6.42 Å². The van der Waals surface area contributed by atoms with Crippen molar-refractivity contribution in [2.45, 2.75) is 6.42 Å². The van der Waals surface area contributed by atoms with Gasteiger partial charge in [-0.15, -0.1) is 0 Å². The third-order valence-electron chi connectivity index (χ3n) is 5.29. The molecule has 2 aliphatic rings. The maximum absolute atomic E-state index is 12.9. The van der Waals surface area contributed by atoms with Crippen LogP contribution in [-0.4, -0.2) is 11.8 Å². The Morgan fingerprint density at radius 2 is 1.07 bits per heavy atom. The van der Waals surface area contributed by atoms with Gasteiger partial charge in [0.15, 0.2) is 0 Å². The summed E-state index contributed by atoms with van der Waals surface area (Å²) in [6.07, 6.45) is 4.95. The molecular formula is C21H18Cl2N2O2. The van der Waals surface area contributed by atoms with E-state index in [1.807, 2.05) is 0 Å². The van der Waals surface area contributed by atoms with Crippen LogP contribution < -0.4 is 10.6 Å². The van der Waals surface area contributed by atoms with Gasteiger partial charge in [-0.3, -0.25) is 9.59 Å². The Labute approximate surface area is 167 Å². The zero-order chi connectivity index (χ0) is 19.0. The number of hydrogen-bond donors (Lipinski definition) is 2. The quantitative estimate of drug-likeness (QED) is 0.708. The first-order valence-corrected chi connectivity index (χ1v) is 9.58. The van der Waals surface area contributed by atoms with Gasteiger partial charge in [-0.05, 0) is 66.8 Å². The first kappa shape index (κ1) is 18.1. The van der Waals surface area contributed by atoms with E-state index in [1.54, 1.807) is 48.5 Å². The number of fused-ring (bicyclic) bond motifs is 2. The Kier molecular flexibility index (Phi) is 4.94. The number of nitrogens with one attached hydrogen (secondary N) is 2. The molecule has 2 aromatic rings. The van der Waals surface area contributed by atoms with Crippen molar-refractivity contribution in [3.63, 3.8) is 0 Å². The molecule has 0 heterocycles. The number of rotatable bonds is 4. The zero-order valence-corrected chi connectivity index (χ0v) is 15.9. The third-order valence-corrected chi connectivity index (χ3v) is 5.79. The lowest BCUT2D eigenvalue weighted by molar-refractivity contribution is -0.129. The van der Waals surface area contributed by atoms with Crippen molar-refractivity contribution < 1.29 is 9.59 Å². The van der Waals surface area contributed by atoms with Crippen LogP contribution in [0.4, 0.5) is 11.4 Å². The molecule has 2 bridgehead atoms. The summed E-state index contributed by atoms with van der Waals surface area (Å²) in [6.45, 7) is 0. The van der Waals surface area contributed by atoms with Gasteiger partial charge in [-0.25, -0.2) is 0 Å². The lowest BCUT2D eigenvalue weighted by atomic mass is 9.81. The van der Waals surface area contributed by atoms with Crippen LogP contribution in [0.2, 0.25) is 10.0 Å². The maximum Gasteiger partial charge on any atom is 0.228 e. The van der Waals surface area contributed by atoms with Gasteiger partial charge < -0.3 is 10.6 Å². The first-order valence-electron chi connectivity index (χ1n) is 8.82. The maximum atomic E-state index is 12.9. The van der Waals surface area contributed by atoms with Crippen molar-refractivity contribution in [1.82, 2.24) is 0 Å². The smallest absolute Gasteiger partial charge is 0.228 e. The fourth-order valence-corrected chi connectivity index (χ4v) is 4.31. The van der Waals surface area contributed by atoms with Crippen LogP contribution >= 0.6 is 23.2 Å². The Hall–Kier alpha value is -2.30. The van der Waals surface area contributed by atoms with Crippen molar-refractivity contribution in [2.75, 3.05) is 10.6 Å². The molecule has 2 aliphatic carbocycles. The molecule has 4 rings (SSSR count). The van der Waals surface area contributed by atoms with Crippen molar-refractivity contribution in [1.29, 1.82) is 0 Å². The number of amides is 2. The van der Waals surface area contributed by atoms with E-state index in [2.05, 4.69) is 22.8 Å². The van der Waals surface area contributed by atoms with Crippen LogP contribution in [-0.2, 0) is 9.59 Å². The number of carbonyl (C=O) groups excluding carboxylic acids is 2. The molecule has 138 valence electrons. The summed E-state index contributed by atoms with van der Waals surface area (Å²) in [7, 11) is 0. The van der Waals surface area contributed by atoms with Crippen LogP contribution in [0, 0.1) is 23.7 Å². The second-order valence-corrected chi connectivity index (χ2v) is 7.87. The molecule has 1 fully saturated rings. The van der Waals surface area contributed by atoms with Gasteiger partial charge in [-0.2, -0.15) is 0 Å². The largest absolute Gasteiger partial charge is 0.326 e. The number of benzene rings is 2. The minimum absolute atomic E-state index is 0.0864. The van der Waals surface area contributed by atoms with E-state index >= 15 is 0 Å². The van der Waals surface area contributed by atoms with E-state index in [4.69, 9.17) is 23.2 Å². The van der Waals surface area contributed by atoms with Crippen LogP contribution in [0.25, 0.3) is 0 Å². The van der Waals surface area contributed by atoms with Gasteiger partial charge >= 0.3 is 0 Å². The lowest BCUT2D eigenvalue weighted by Gasteiger charge is -2.26. The summed E-state index contributed by atoms with van der Waals surface area (Å²) in [5.41, 5.74) is 1.35. The number of hydrogen-bond acceptors (Lipinski definition) is 2. The summed E-state index contributed by atoms with van der Waals surface area (Å²) in [5.74, 6) is -0.867. The third kappa shape index (κ3) is 3.73. The molecule has 2 N–H and O–H groups in total. The van der Waals surface area contributed by atoms with E-state index < -0.39 is 0 Å². The molecule has 1 saturated carbocycles. The molecule has 0 aromatic heterocycles. The highest BCUT2D eigenvalue weighted by Gasteiger charge is 2.51. The van der Waals surface area contributed by atoms with Crippen LogP contribution in [0.1, 0.15) is 6.42 Å². The second-order valence-electron chi connectivity index (χ2n) is 6.99. The molecule has 4 atom stereocenters. The number of carbonyl (C=O) groups is 2. The van der Waals surface area contributed by atoms with Crippen LogP contribution in [0.5, 0.6) is 0 Å². The van der Waals surface area contributed by atoms with Crippen molar-refractivity contribution >= 4 is 46.4 Å².